The van der Waals surface area contributed by atoms with Crippen molar-refractivity contribution in [2.45, 2.75) is 20.3 Å². The maximum absolute atomic E-state index is 10.2. The zero-order valence-corrected chi connectivity index (χ0v) is 7.45. The van der Waals surface area contributed by atoms with Crippen molar-refractivity contribution in [3.8, 4) is 0 Å². The van der Waals surface area contributed by atoms with E-state index < -0.39 is 5.97 Å². The van der Waals surface area contributed by atoms with Gasteiger partial charge in [0.2, 0.25) is 0 Å². The Hall–Kier alpha value is -1.25. The van der Waals surface area contributed by atoms with E-state index in [1.807, 2.05) is 26.0 Å². The van der Waals surface area contributed by atoms with Gasteiger partial charge in [-0.2, -0.15) is 0 Å². The molecule has 0 saturated heterocycles. The number of hydrogen-bond acceptors (Lipinski definition) is 2. The summed E-state index contributed by atoms with van der Waals surface area (Å²) in [6.45, 7) is 3.91. The van der Waals surface area contributed by atoms with Crippen molar-refractivity contribution < 1.29 is 9.90 Å². The number of aliphatic carboxylic acids is 1. The van der Waals surface area contributed by atoms with E-state index >= 15 is 0 Å². The fourth-order valence-electron chi connectivity index (χ4n) is 0.986. The molecule has 68 valence electrons. The molecule has 12 heavy (non-hydrogen) atoms. The summed E-state index contributed by atoms with van der Waals surface area (Å²) in [4.78, 5) is 10.2. The van der Waals surface area contributed by atoms with Gasteiger partial charge >= 0.3 is 5.97 Å². The second kappa shape index (κ2) is 5.41. The van der Waals surface area contributed by atoms with Crippen LogP contribution in [-0.2, 0) is 4.79 Å². The van der Waals surface area contributed by atoms with E-state index in [0.29, 0.717) is 18.0 Å². The Balaban J connectivity index is 3.99. The van der Waals surface area contributed by atoms with Gasteiger partial charge in [-0.25, -0.2) is 4.79 Å². The van der Waals surface area contributed by atoms with Crippen molar-refractivity contribution in [1.82, 2.24) is 0 Å². The van der Waals surface area contributed by atoms with Crippen molar-refractivity contribution in [3.63, 3.8) is 0 Å². The molecule has 3 nitrogen and oxygen atoms in total. The van der Waals surface area contributed by atoms with Crippen LogP contribution in [0.4, 0.5) is 0 Å². The molecule has 0 saturated carbocycles. The molecule has 0 fully saturated rings. The predicted molar refractivity (Wildman–Crippen MR) is 48.5 cm³/mol. The van der Waals surface area contributed by atoms with Crippen LogP contribution >= 0.6 is 0 Å². The Bertz CT molecular complexity index is 207. The Morgan fingerprint density at radius 2 is 2.25 bits per heavy atom. The fraction of sp³-hybridized carbons (Fsp3) is 0.444. The molecule has 0 spiro atoms. The lowest BCUT2D eigenvalue weighted by Crippen LogP contribution is -2.05. The Morgan fingerprint density at radius 1 is 1.67 bits per heavy atom. The number of nitrogens with two attached hydrogens (primary N) is 1. The van der Waals surface area contributed by atoms with Gasteiger partial charge in [-0.15, -0.1) is 0 Å². The average Bonchev–Trinajstić information content (AvgIpc) is 1.84. The standard InChI is InChI=1S/C9H15NO2/c1-3-4-7(2)5-8(10)6-9(11)12/h3-4,6-7H,5,10H2,1-2H3,(H,11,12)/b4-3+,8-6-/t7-/m0/s1. The highest BCUT2D eigenvalue weighted by Gasteiger charge is 2.00. The molecule has 0 amide bonds. The average molecular weight is 169 g/mol. The van der Waals surface area contributed by atoms with Crippen LogP contribution in [0.25, 0.3) is 0 Å². The van der Waals surface area contributed by atoms with Crippen LogP contribution in [0.1, 0.15) is 20.3 Å². The van der Waals surface area contributed by atoms with Crippen LogP contribution in [0.15, 0.2) is 23.9 Å². The molecular weight excluding hydrogens is 154 g/mol. The van der Waals surface area contributed by atoms with E-state index in [0.717, 1.165) is 6.08 Å². The van der Waals surface area contributed by atoms with Gasteiger partial charge in [-0.05, 0) is 19.3 Å². The fourth-order valence-corrected chi connectivity index (χ4v) is 0.986. The van der Waals surface area contributed by atoms with Crippen LogP contribution < -0.4 is 5.73 Å². The Kier molecular flexibility index (Phi) is 4.84. The third-order valence-electron chi connectivity index (χ3n) is 1.39. The number of rotatable bonds is 4. The maximum Gasteiger partial charge on any atom is 0.330 e. The lowest BCUT2D eigenvalue weighted by molar-refractivity contribution is -0.131. The maximum atomic E-state index is 10.2. The third-order valence-corrected chi connectivity index (χ3v) is 1.39. The molecule has 0 aliphatic rings. The lowest BCUT2D eigenvalue weighted by atomic mass is 10.1. The van der Waals surface area contributed by atoms with Gasteiger partial charge in [-0.1, -0.05) is 19.1 Å². The first-order valence-electron chi connectivity index (χ1n) is 3.88. The molecule has 0 heterocycles. The summed E-state index contributed by atoms with van der Waals surface area (Å²) in [5.41, 5.74) is 5.86. The van der Waals surface area contributed by atoms with E-state index in [1.54, 1.807) is 0 Å². The topological polar surface area (TPSA) is 63.3 Å². The molecule has 0 bridgehead atoms. The Labute approximate surface area is 72.6 Å². The van der Waals surface area contributed by atoms with E-state index in [9.17, 15) is 4.79 Å². The van der Waals surface area contributed by atoms with Crippen LogP contribution in [-0.4, -0.2) is 11.1 Å². The van der Waals surface area contributed by atoms with E-state index in [1.165, 1.54) is 0 Å². The van der Waals surface area contributed by atoms with Crippen molar-refractivity contribution in [3.05, 3.63) is 23.9 Å². The normalized spacial score (nSPS) is 15.0. The van der Waals surface area contributed by atoms with Crippen molar-refractivity contribution in [2.75, 3.05) is 0 Å². The molecule has 0 aliphatic carbocycles. The summed E-state index contributed by atoms with van der Waals surface area (Å²) in [7, 11) is 0. The molecule has 0 unspecified atom stereocenters. The quantitative estimate of drug-likeness (QED) is 0.495. The van der Waals surface area contributed by atoms with Gasteiger partial charge in [0.1, 0.15) is 0 Å². The molecule has 1 atom stereocenters. The van der Waals surface area contributed by atoms with Crippen LogP contribution in [0.5, 0.6) is 0 Å². The number of carboxylic acid groups (broad SMARTS) is 1. The van der Waals surface area contributed by atoms with Crippen LogP contribution in [0.3, 0.4) is 0 Å². The van der Waals surface area contributed by atoms with Crippen LogP contribution in [0.2, 0.25) is 0 Å². The van der Waals surface area contributed by atoms with Crippen molar-refractivity contribution >= 4 is 5.97 Å². The van der Waals surface area contributed by atoms with E-state index in [4.69, 9.17) is 10.8 Å². The first-order valence-corrected chi connectivity index (χ1v) is 3.88. The zero-order chi connectivity index (χ0) is 9.56. The SMILES string of the molecule is C/C=C/[C@H](C)C/C(N)=C/C(=O)O. The molecule has 0 radical (unpaired) electrons. The zero-order valence-electron chi connectivity index (χ0n) is 7.45. The number of carbonyl (C=O) groups is 1. The van der Waals surface area contributed by atoms with Gasteiger partial charge < -0.3 is 10.8 Å². The van der Waals surface area contributed by atoms with Gasteiger partial charge in [0.05, 0.1) is 0 Å². The minimum atomic E-state index is -0.986. The van der Waals surface area contributed by atoms with Gasteiger partial charge in [0.25, 0.3) is 0 Å². The van der Waals surface area contributed by atoms with E-state index in [-0.39, 0.29) is 0 Å². The molecule has 3 N–H and O–H groups in total. The number of carboxylic acids is 1. The highest BCUT2D eigenvalue weighted by Crippen LogP contribution is 2.07. The van der Waals surface area contributed by atoms with Gasteiger partial charge in [0, 0.05) is 11.8 Å². The molecule has 0 aromatic heterocycles. The second-order valence-electron chi connectivity index (χ2n) is 2.76. The summed E-state index contributed by atoms with van der Waals surface area (Å²) < 4.78 is 0. The summed E-state index contributed by atoms with van der Waals surface area (Å²) in [5, 5.41) is 8.35. The van der Waals surface area contributed by atoms with E-state index in [2.05, 4.69) is 0 Å². The third kappa shape index (κ3) is 5.53. The second-order valence-corrected chi connectivity index (χ2v) is 2.76. The molecule has 0 aromatic carbocycles. The highest BCUT2D eigenvalue weighted by atomic mass is 16.4. The van der Waals surface area contributed by atoms with Crippen molar-refractivity contribution in [2.24, 2.45) is 11.7 Å². The first kappa shape index (κ1) is 10.8. The summed E-state index contributed by atoms with van der Waals surface area (Å²) >= 11 is 0. The van der Waals surface area contributed by atoms with Gasteiger partial charge in [0.15, 0.2) is 0 Å². The first-order chi connectivity index (χ1) is 5.56. The minimum absolute atomic E-state index is 0.297. The van der Waals surface area contributed by atoms with Crippen LogP contribution in [0, 0.1) is 5.92 Å². The molecule has 0 aliphatic heterocycles. The largest absolute Gasteiger partial charge is 0.478 e. The predicted octanol–water partition coefficient (Wildman–Crippen LogP) is 1.52. The number of allylic oxidation sites excluding steroid dienone is 3. The summed E-state index contributed by atoms with van der Waals surface area (Å²) in [6, 6.07) is 0. The van der Waals surface area contributed by atoms with Crippen molar-refractivity contribution in [1.29, 1.82) is 0 Å². The lowest BCUT2D eigenvalue weighted by Gasteiger charge is -2.04. The summed E-state index contributed by atoms with van der Waals surface area (Å²) in [5.74, 6) is -0.689. The number of hydrogen-bond donors (Lipinski definition) is 2. The Morgan fingerprint density at radius 3 is 2.67 bits per heavy atom. The van der Waals surface area contributed by atoms with Gasteiger partial charge in [-0.3, -0.25) is 0 Å². The monoisotopic (exact) mass is 169 g/mol. The minimum Gasteiger partial charge on any atom is -0.478 e. The molecule has 0 aromatic rings. The molecule has 3 heteroatoms. The molecule has 0 rings (SSSR count). The summed E-state index contributed by atoms with van der Waals surface area (Å²) in [6.07, 6.45) is 5.55. The molecular formula is C9H15NO2. The highest BCUT2D eigenvalue weighted by molar-refractivity contribution is 5.80. The smallest absolute Gasteiger partial charge is 0.330 e.